The summed E-state index contributed by atoms with van der Waals surface area (Å²) in [7, 11) is 2.18. The number of fused-ring (bicyclic) bond motifs is 1. The molecule has 1 saturated heterocycles. The van der Waals surface area contributed by atoms with Gasteiger partial charge in [0.25, 0.3) is 0 Å². The Labute approximate surface area is 202 Å². The molecule has 1 saturated carbocycles. The van der Waals surface area contributed by atoms with Crippen molar-refractivity contribution in [1.82, 2.24) is 19.9 Å². The molecular formula is C26H40FN5O2. The molecule has 4 rings (SSSR count). The zero-order valence-electron chi connectivity index (χ0n) is 21.4. The first-order chi connectivity index (χ1) is 16.0. The molecule has 0 radical (unpaired) electrons. The van der Waals surface area contributed by atoms with Crippen molar-refractivity contribution in [1.29, 1.82) is 0 Å². The highest BCUT2D eigenvalue weighted by Gasteiger charge is 2.44. The summed E-state index contributed by atoms with van der Waals surface area (Å²) in [5.74, 6) is 1.24. The molecule has 2 aromatic rings. The molecule has 3 heterocycles. The molecule has 2 fully saturated rings. The topological polar surface area (TPSA) is 83.4 Å². The number of hydrogen-bond donors (Lipinski definition) is 2. The van der Waals surface area contributed by atoms with Crippen molar-refractivity contribution in [3.63, 3.8) is 0 Å². The molecule has 2 N–H and O–H groups in total. The standard InChI is InChI=1S/C26H40FN5O2/c1-16(13-27)30-24-29-15-21-22(31-24)20(17-7-9-18(33)10-8-17)14-28-23(21)34-19-11-25(2,3)32(6)26(4,5)12-19/h14-19,33H,7-13H2,1-6H3,(H,29,30,31)/t16-,17-,18-/m0/s1. The number of alkyl halides is 1. The molecule has 2 aromatic heterocycles. The summed E-state index contributed by atoms with van der Waals surface area (Å²) in [5.41, 5.74) is 1.86. The molecule has 0 aromatic carbocycles. The number of aliphatic hydroxyl groups excluding tert-OH is 1. The number of anilines is 1. The summed E-state index contributed by atoms with van der Waals surface area (Å²) in [6.07, 6.45) is 8.57. The zero-order chi connectivity index (χ0) is 24.7. The predicted molar refractivity (Wildman–Crippen MR) is 133 cm³/mol. The number of nitrogens with one attached hydrogen (secondary N) is 1. The maximum atomic E-state index is 13.1. The van der Waals surface area contributed by atoms with E-state index in [1.807, 2.05) is 6.20 Å². The normalized spacial score (nSPS) is 26.4. The Hall–Kier alpha value is -2.06. The van der Waals surface area contributed by atoms with Crippen molar-refractivity contribution in [2.75, 3.05) is 19.0 Å². The third-order valence-corrected chi connectivity index (χ3v) is 7.91. The quantitative estimate of drug-likeness (QED) is 0.621. The van der Waals surface area contributed by atoms with Crippen molar-refractivity contribution < 1.29 is 14.2 Å². The Bertz CT molecular complexity index is 988. The van der Waals surface area contributed by atoms with Crippen LogP contribution in [-0.4, -0.2) is 68.0 Å². The van der Waals surface area contributed by atoms with Crippen molar-refractivity contribution in [3.8, 4) is 5.88 Å². The Morgan fingerprint density at radius 1 is 1.12 bits per heavy atom. The van der Waals surface area contributed by atoms with Gasteiger partial charge in [0.1, 0.15) is 12.8 Å². The van der Waals surface area contributed by atoms with Gasteiger partial charge in [0, 0.05) is 41.9 Å². The number of rotatable bonds is 6. The molecule has 1 aliphatic carbocycles. The lowest BCUT2D eigenvalue weighted by molar-refractivity contribution is -0.0563. The van der Waals surface area contributed by atoms with Gasteiger partial charge in [0.15, 0.2) is 0 Å². The van der Waals surface area contributed by atoms with Crippen LogP contribution in [0, 0.1) is 0 Å². The maximum absolute atomic E-state index is 13.1. The second kappa shape index (κ2) is 9.53. The van der Waals surface area contributed by atoms with Crippen LogP contribution in [0.5, 0.6) is 5.88 Å². The fourth-order valence-corrected chi connectivity index (χ4v) is 5.65. The number of halogens is 1. The van der Waals surface area contributed by atoms with Gasteiger partial charge in [-0.05, 0) is 73.3 Å². The highest BCUT2D eigenvalue weighted by molar-refractivity contribution is 5.86. The highest BCUT2D eigenvalue weighted by Crippen LogP contribution is 2.41. The van der Waals surface area contributed by atoms with Gasteiger partial charge in [-0.2, -0.15) is 0 Å². The molecule has 0 amide bonds. The third-order valence-electron chi connectivity index (χ3n) is 7.91. The molecular weight excluding hydrogens is 433 g/mol. The van der Waals surface area contributed by atoms with E-state index < -0.39 is 6.67 Å². The van der Waals surface area contributed by atoms with E-state index in [9.17, 15) is 9.50 Å². The average molecular weight is 474 g/mol. The molecule has 0 spiro atoms. The number of pyridine rings is 1. The summed E-state index contributed by atoms with van der Waals surface area (Å²) in [5, 5.41) is 13.8. The molecule has 0 bridgehead atoms. The number of likely N-dealkylation sites (tertiary alicyclic amines) is 1. The van der Waals surface area contributed by atoms with Gasteiger partial charge in [0.05, 0.1) is 23.0 Å². The van der Waals surface area contributed by atoms with Crippen molar-refractivity contribution in [2.45, 2.75) is 108 Å². The SMILES string of the molecule is C[C@@H](CF)Nc1ncc2c(OC3CC(C)(C)N(C)C(C)(C)C3)ncc([C@H]3CC[C@H](O)CC3)c2n1. The molecule has 1 aliphatic heterocycles. The Balaban J connectivity index is 1.69. The lowest BCUT2D eigenvalue weighted by Crippen LogP contribution is -2.60. The average Bonchev–Trinajstić information content (AvgIpc) is 2.78. The van der Waals surface area contributed by atoms with Crippen LogP contribution < -0.4 is 10.1 Å². The molecule has 34 heavy (non-hydrogen) atoms. The van der Waals surface area contributed by atoms with E-state index in [0.717, 1.165) is 55.0 Å². The first-order valence-corrected chi connectivity index (χ1v) is 12.6. The molecule has 8 heteroatoms. The van der Waals surface area contributed by atoms with Crippen LogP contribution in [0.2, 0.25) is 0 Å². The van der Waals surface area contributed by atoms with E-state index >= 15 is 0 Å². The Kier molecular flexibility index (Phi) is 7.02. The third kappa shape index (κ3) is 5.13. The number of ether oxygens (including phenoxy) is 1. The first-order valence-electron chi connectivity index (χ1n) is 12.6. The second-order valence-corrected chi connectivity index (χ2v) is 11.5. The van der Waals surface area contributed by atoms with E-state index in [1.54, 1.807) is 13.1 Å². The van der Waals surface area contributed by atoms with Gasteiger partial charge in [-0.15, -0.1) is 0 Å². The van der Waals surface area contributed by atoms with Crippen LogP contribution in [0.4, 0.5) is 10.3 Å². The largest absolute Gasteiger partial charge is 0.474 e. The van der Waals surface area contributed by atoms with Crippen LogP contribution in [0.25, 0.3) is 10.9 Å². The van der Waals surface area contributed by atoms with Gasteiger partial charge >= 0.3 is 0 Å². The van der Waals surface area contributed by atoms with E-state index in [4.69, 9.17) is 14.7 Å². The molecule has 7 nitrogen and oxygen atoms in total. The second-order valence-electron chi connectivity index (χ2n) is 11.5. The summed E-state index contributed by atoms with van der Waals surface area (Å²) < 4.78 is 19.6. The number of piperidine rings is 1. The van der Waals surface area contributed by atoms with Crippen molar-refractivity contribution in [2.24, 2.45) is 0 Å². The fourth-order valence-electron chi connectivity index (χ4n) is 5.65. The minimum absolute atomic E-state index is 0.00118. The molecule has 2 aliphatic rings. The van der Waals surface area contributed by atoms with Crippen molar-refractivity contribution >= 4 is 16.9 Å². The summed E-state index contributed by atoms with van der Waals surface area (Å²) in [6, 6.07) is -0.369. The van der Waals surface area contributed by atoms with E-state index in [1.165, 1.54) is 0 Å². The van der Waals surface area contributed by atoms with Crippen LogP contribution in [-0.2, 0) is 0 Å². The number of nitrogens with zero attached hydrogens (tertiary/aromatic N) is 4. The Morgan fingerprint density at radius 2 is 1.76 bits per heavy atom. The smallest absolute Gasteiger partial charge is 0.224 e. The Morgan fingerprint density at radius 3 is 2.38 bits per heavy atom. The lowest BCUT2D eigenvalue weighted by atomic mass is 9.79. The highest BCUT2D eigenvalue weighted by atomic mass is 19.1. The minimum atomic E-state index is -0.499. The van der Waals surface area contributed by atoms with Gasteiger partial charge in [-0.1, -0.05) is 0 Å². The van der Waals surface area contributed by atoms with E-state index in [0.29, 0.717) is 11.8 Å². The number of aliphatic hydroxyl groups is 1. The fraction of sp³-hybridized carbons (Fsp3) is 0.731. The minimum Gasteiger partial charge on any atom is -0.474 e. The summed E-state index contributed by atoms with van der Waals surface area (Å²) in [4.78, 5) is 16.4. The van der Waals surface area contributed by atoms with E-state index in [2.05, 4.69) is 49.9 Å². The van der Waals surface area contributed by atoms with Gasteiger partial charge < -0.3 is 15.2 Å². The first kappa shape index (κ1) is 25.0. The predicted octanol–water partition coefficient (Wildman–Crippen LogP) is 4.84. The van der Waals surface area contributed by atoms with Crippen molar-refractivity contribution in [3.05, 3.63) is 18.0 Å². The lowest BCUT2D eigenvalue weighted by Gasteiger charge is -2.53. The molecule has 0 unspecified atom stereocenters. The number of hydrogen-bond acceptors (Lipinski definition) is 7. The van der Waals surface area contributed by atoms with Crippen LogP contribution in [0.1, 0.15) is 84.6 Å². The maximum Gasteiger partial charge on any atom is 0.224 e. The molecule has 1 atom stereocenters. The van der Waals surface area contributed by atoms with Gasteiger partial charge in [-0.3, -0.25) is 4.90 Å². The summed E-state index contributed by atoms with van der Waals surface area (Å²) >= 11 is 0. The van der Waals surface area contributed by atoms with E-state index in [-0.39, 0.29) is 35.2 Å². The van der Waals surface area contributed by atoms with Crippen LogP contribution in [0.15, 0.2) is 12.4 Å². The monoisotopic (exact) mass is 473 g/mol. The zero-order valence-corrected chi connectivity index (χ0v) is 21.4. The van der Waals surface area contributed by atoms with Crippen LogP contribution >= 0.6 is 0 Å². The number of aromatic nitrogens is 3. The summed E-state index contributed by atoms with van der Waals surface area (Å²) in [6.45, 7) is 10.3. The van der Waals surface area contributed by atoms with Gasteiger partial charge in [-0.25, -0.2) is 19.3 Å². The molecule has 188 valence electrons. The van der Waals surface area contributed by atoms with Gasteiger partial charge in [0.2, 0.25) is 11.8 Å². The van der Waals surface area contributed by atoms with Crippen LogP contribution in [0.3, 0.4) is 0 Å².